The summed E-state index contributed by atoms with van der Waals surface area (Å²) in [5.74, 6) is 0. The first-order chi connectivity index (χ1) is 9.19. The fourth-order valence-corrected chi connectivity index (χ4v) is 2.57. The summed E-state index contributed by atoms with van der Waals surface area (Å²) in [4.78, 5) is 13.2. The third-order valence-corrected chi connectivity index (χ3v) is 3.73. The lowest BCUT2D eigenvalue weighted by Crippen LogP contribution is -3.27. The van der Waals surface area contributed by atoms with Crippen molar-refractivity contribution in [2.45, 2.75) is 6.54 Å². The van der Waals surface area contributed by atoms with Crippen LogP contribution in [0.3, 0.4) is 0 Å². The number of quaternary nitrogens is 2. The predicted molar refractivity (Wildman–Crippen MR) is 70.1 cm³/mol. The third kappa shape index (κ3) is 3.99. The second kappa shape index (κ2) is 6.60. The van der Waals surface area contributed by atoms with Crippen molar-refractivity contribution in [3.8, 4) is 0 Å². The standard InChI is InChI=1S/C13H19N3O3/c17-10-9-14-5-7-15(8-6-14)11-12-1-3-13(4-2-12)16(18)19/h1-4,17H,5-11H2/p+2. The molecule has 0 unspecified atom stereocenters. The van der Waals surface area contributed by atoms with Crippen LogP contribution in [0.15, 0.2) is 24.3 Å². The highest BCUT2D eigenvalue weighted by Gasteiger charge is 2.22. The first-order valence-electron chi connectivity index (χ1n) is 6.70. The Labute approximate surface area is 112 Å². The Balaban J connectivity index is 1.83. The fraction of sp³-hybridized carbons (Fsp3) is 0.538. The van der Waals surface area contributed by atoms with E-state index in [1.165, 1.54) is 9.80 Å². The van der Waals surface area contributed by atoms with Crippen LogP contribution in [-0.4, -0.2) is 49.4 Å². The molecule has 0 radical (unpaired) electrons. The van der Waals surface area contributed by atoms with Crippen molar-refractivity contribution in [3.63, 3.8) is 0 Å². The van der Waals surface area contributed by atoms with Crippen LogP contribution in [0, 0.1) is 10.1 Å². The number of benzene rings is 1. The van der Waals surface area contributed by atoms with Crippen LogP contribution in [-0.2, 0) is 6.54 Å². The van der Waals surface area contributed by atoms with Gasteiger partial charge in [0, 0.05) is 17.7 Å². The molecule has 0 aromatic heterocycles. The normalized spacial score (nSPS) is 23.2. The number of hydrogen-bond acceptors (Lipinski definition) is 3. The lowest BCUT2D eigenvalue weighted by molar-refractivity contribution is -1.02. The topological polar surface area (TPSA) is 72.2 Å². The maximum absolute atomic E-state index is 10.6. The Kier molecular flexibility index (Phi) is 4.84. The number of rotatable bonds is 5. The van der Waals surface area contributed by atoms with E-state index in [0.717, 1.165) is 44.8 Å². The molecule has 1 fully saturated rings. The number of nitrogens with zero attached hydrogens (tertiary/aromatic N) is 1. The molecule has 0 spiro atoms. The van der Waals surface area contributed by atoms with Crippen LogP contribution in [0.25, 0.3) is 0 Å². The van der Waals surface area contributed by atoms with Gasteiger partial charge in [0.25, 0.3) is 5.69 Å². The molecule has 6 heteroatoms. The molecular formula is C13H21N3O3+2. The molecule has 0 saturated carbocycles. The minimum absolute atomic E-state index is 0.149. The molecule has 1 saturated heterocycles. The molecule has 1 aliphatic heterocycles. The molecular weight excluding hydrogens is 246 g/mol. The van der Waals surface area contributed by atoms with Crippen LogP contribution < -0.4 is 9.80 Å². The lowest BCUT2D eigenvalue weighted by atomic mass is 10.2. The summed E-state index contributed by atoms with van der Waals surface area (Å²) in [6, 6.07) is 6.83. The second-order valence-corrected chi connectivity index (χ2v) is 5.07. The monoisotopic (exact) mass is 267 g/mol. The molecule has 3 N–H and O–H groups in total. The fourth-order valence-electron chi connectivity index (χ4n) is 2.57. The summed E-state index contributed by atoms with van der Waals surface area (Å²) in [6.07, 6.45) is 0. The number of non-ortho nitro benzene ring substituents is 1. The van der Waals surface area contributed by atoms with Gasteiger partial charge in [0.15, 0.2) is 0 Å². The van der Waals surface area contributed by atoms with Crippen molar-refractivity contribution in [1.29, 1.82) is 0 Å². The van der Waals surface area contributed by atoms with Gasteiger partial charge in [-0.2, -0.15) is 0 Å². The zero-order valence-electron chi connectivity index (χ0n) is 11.0. The largest absolute Gasteiger partial charge is 0.391 e. The number of hydrogen-bond donors (Lipinski definition) is 3. The summed E-state index contributed by atoms with van der Waals surface area (Å²) in [6.45, 7) is 6.37. The Morgan fingerprint density at radius 2 is 1.68 bits per heavy atom. The number of aliphatic hydroxyl groups is 1. The van der Waals surface area contributed by atoms with Gasteiger partial charge in [0.2, 0.25) is 0 Å². The van der Waals surface area contributed by atoms with Gasteiger partial charge >= 0.3 is 0 Å². The number of nitro benzene ring substituents is 1. The number of nitro groups is 1. The molecule has 1 aliphatic rings. The summed E-state index contributed by atoms with van der Waals surface area (Å²) in [7, 11) is 0. The van der Waals surface area contributed by atoms with E-state index in [9.17, 15) is 10.1 Å². The van der Waals surface area contributed by atoms with E-state index in [4.69, 9.17) is 5.11 Å². The summed E-state index contributed by atoms with van der Waals surface area (Å²) < 4.78 is 0. The Bertz CT molecular complexity index is 414. The highest BCUT2D eigenvalue weighted by atomic mass is 16.6. The van der Waals surface area contributed by atoms with Crippen LogP contribution >= 0.6 is 0 Å². The maximum Gasteiger partial charge on any atom is 0.269 e. The molecule has 104 valence electrons. The zero-order chi connectivity index (χ0) is 13.7. The molecule has 0 aliphatic carbocycles. The zero-order valence-corrected chi connectivity index (χ0v) is 11.0. The van der Waals surface area contributed by atoms with Crippen molar-refractivity contribution in [1.82, 2.24) is 0 Å². The average molecular weight is 267 g/mol. The average Bonchev–Trinajstić information content (AvgIpc) is 2.42. The molecule has 0 bridgehead atoms. The molecule has 1 heterocycles. The summed E-state index contributed by atoms with van der Waals surface area (Å²) in [5, 5.41) is 19.5. The van der Waals surface area contributed by atoms with Crippen molar-refractivity contribution in [2.24, 2.45) is 0 Å². The van der Waals surface area contributed by atoms with Crippen LogP contribution in [0.1, 0.15) is 5.56 Å². The van der Waals surface area contributed by atoms with E-state index in [-0.39, 0.29) is 17.2 Å². The summed E-state index contributed by atoms with van der Waals surface area (Å²) >= 11 is 0. The van der Waals surface area contributed by atoms with Gasteiger partial charge < -0.3 is 14.9 Å². The van der Waals surface area contributed by atoms with E-state index < -0.39 is 0 Å². The molecule has 0 amide bonds. The van der Waals surface area contributed by atoms with Gasteiger partial charge in [-0.3, -0.25) is 10.1 Å². The van der Waals surface area contributed by atoms with Gasteiger partial charge in [-0.25, -0.2) is 0 Å². The maximum atomic E-state index is 10.6. The molecule has 2 rings (SSSR count). The quantitative estimate of drug-likeness (QED) is 0.421. The smallest absolute Gasteiger partial charge is 0.269 e. The van der Waals surface area contributed by atoms with Crippen LogP contribution in [0.4, 0.5) is 5.69 Å². The highest BCUT2D eigenvalue weighted by molar-refractivity contribution is 5.32. The van der Waals surface area contributed by atoms with Gasteiger partial charge in [-0.1, -0.05) is 0 Å². The number of nitrogens with one attached hydrogen (secondary N) is 2. The molecule has 6 nitrogen and oxygen atoms in total. The minimum atomic E-state index is -0.367. The number of piperazine rings is 1. The van der Waals surface area contributed by atoms with Gasteiger partial charge in [-0.15, -0.1) is 0 Å². The molecule has 1 aromatic carbocycles. The van der Waals surface area contributed by atoms with Gasteiger partial charge in [0.1, 0.15) is 39.3 Å². The lowest BCUT2D eigenvalue weighted by Gasteiger charge is -2.29. The SMILES string of the molecule is O=[N+]([O-])c1ccc(C[NH+]2CC[NH+](CCO)CC2)cc1. The first kappa shape index (κ1) is 13.9. The molecule has 19 heavy (non-hydrogen) atoms. The van der Waals surface area contributed by atoms with Crippen LogP contribution in [0.5, 0.6) is 0 Å². The number of aliphatic hydroxyl groups excluding tert-OH is 1. The summed E-state index contributed by atoms with van der Waals surface area (Å²) in [5.41, 5.74) is 1.29. The minimum Gasteiger partial charge on any atom is -0.391 e. The van der Waals surface area contributed by atoms with Gasteiger partial charge in [-0.05, 0) is 12.1 Å². The third-order valence-electron chi connectivity index (χ3n) is 3.73. The highest BCUT2D eigenvalue weighted by Crippen LogP contribution is 2.10. The van der Waals surface area contributed by atoms with Crippen molar-refractivity contribution in [3.05, 3.63) is 39.9 Å². The van der Waals surface area contributed by atoms with E-state index in [1.54, 1.807) is 12.1 Å². The van der Waals surface area contributed by atoms with Crippen molar-refractivity contribution >= 4 is 5.69 Å². The van der Waals surface area contributed by atoms with Gasteiger partial charge in [0.05, 0.1) is 11.5 Å². The molecule has 0 atom stereocenters. The van der Waals surface area contributed by atoms with E-state index in [0.29, 0.717) is 0 Å². The second-order valence-electron chi connectivity index (χ2n) is 5.07. The van der Waals surface area contributed by atoms with Crippen LogP contribution in [0.2, 0.25) is 0 Å². The Morgan fingerprint density at radius 1 is 1.11 bits per heavy atom. The van der Waals surface area contributed by atoms with E-state index in [1.807, 2.05) is 12.1 Å². The van der Waals surface area contributed by atoms with E-state index >= 15 is 0 Å². The van der Waals surface area contributed by atoms with Crippen molar-refractivity contribution < 1.29 is 19.8 Å². The van der Waals surface area contributed by atoms with E-state index in [2.05, 4.69) is 0 Å². The first-order valence-corrected chi connectivity index (χ1v) is 6.70. The predicted octanol–water partition coefficient (Wildman–Crippen LogP) is -2.13. The Hall–Kier alpha value is -1.50. The molecule has 1 aromatic rings. The van der Waals surface area contributed by atoms with Crippen molar-refractivity contribution in [2.75, 3.05) is 39.3 Å². The Morgan fingerprint density at radius 3 is 2.21 bits per heavy atom.